The predicted molar refractivity (Wildman–Crippen MR) is 95.3 cm³/mol. The van der Waals surface area contributed by atoms with Crippen LogP contribution in [-0.2, 0) is 4.79 Å². The quantitative estimate of drug-likeness (QED) is 0.891. The van der Waals surface area contributed by atoms with Crippen LogP contribution in [0, 0.1) is 5.92 Å². The summed E-state index contributed by atoms with van der Waals surface area (Å²) in [5.41, 5.74) is 1.30. The van der Waals surface area contributed by atoms with Gasteiger partial charge in [0.25, 0.3) is 5.91 Å². The van der Waals surface area contributed by atoms with Gasteiger partial charge >= 0.3 is 5.97 Å². The lowest BCUT2D eigenvalue weighted by atomic mass is 9.89. The van der Waals surface area contributed by atoms with Crippen LogP contribution in [-0.4, -0.2) is 48.9 Å². The number of hydrogen-bond acceptors (Lipinski definition) is 5. The van der Waals surface area contributed by atoms with E-state index in [1.54, 1.807) is 30.2 Å². The Morgan fingerprint density at radius 2 is 1.93 bits per heavy atom. The van der Waals surface area contributed by atoms with Crippen LogP contribution in [0.25, 0.3) is 0 Å². The Balaban J connectivity index is 1.59. The Kier molecular flexibility index (Phi) is 4.35. The Morgan fingerprint density at radius 1 is 1.11 bits per heavy atom. The van der Waals surface area contributed by atoms with Crippen molar-refractivity contribution >= 4 is 11.9 Å². The molecule has 2 aromatic rings. The summed E-state index contributed by atoms with van der Waals surface area (Å²) in [6.45, 7) is 0.623. The van der Waals surface area contributed by atoms with Gasteiger partial charge < -0.3 is 24.2 Å². The molecule has 0 saturated carbocycles. The summed E-state index contributed by atoms with van der Waals surface area (Å²) in [6, 6.07) is 12.3. The van der Waals surface area contributed by atoms with Gasteiger partial charge in [0.1, 0.15) is 5.75 Å². The number of carbonyl (C=O) groups is 2. The van der Waals surface area contributed by atoms with E-state index in [1.807, 2.05) is 24.3 Å². The summed E-state index contributed by atoms with van der Waals surface area (Å²) >= 11 is 0. The summed E-state index contributed by atoms with van der Waals surface area (Å²) in [5.74, 6) is -0.304. The van der Waals surface area contributed by atoms with Gasteiger partial charge in [0.05, 0.1) is 13.0 Å². The molecule has 7 heteroatoms. The summed E-state index contributed by atoms with van der Waals surface area (Å²) in [5, 5.41) is 9.66. The number of benzene rings is 2. The molecule has 2 aliphatic heterocycles. The van der Waals surface area contributed by atoms with E-state index in [9.17, 15) is 14.7 Å². The average Bonchev–Trinajstić information content (AvgIpc) is 3.34. The van der Waals surface area contributed by atoms with Gasteiger partial charge in [0.15, 0.2) is 11.5 Å². The van der Waals surface area contributed by atoms with E-state index in [4.69, 9.17) is 14.2 Å². The van der Waals surface area contributed by atoms with E-state index in [2.05, 4.69) is 0 Å². The molecule has 1 N–H and O–H groups in total. The standard InChI is InChI=1S/C20H19NO6/c1-25-14-4-2-3-12(7-14)15-9-21(10-16(15)20(23)24)19(22)13-5-6-17-18(8-13)27-11-26-17/h2-8,15-16H,9-11H2,1H3,(H,23,24). The van der Waals surface area contributed by atoms with Crippen LogP contribution < -0.4 is 14.2 Å². The predicted octanol–water partition coefficient (Wildman–Crippen LogP) is 2.36. The molecule has 2 aliphatic rings. The maximum atomic E-state index is 12.9. The molecule has 1 amide bonds. The first-order valence-corrected chi connectivity index (χ1v) is 8.62. The van der Waals surface area contributed by atoms with Gasteiger partial charge in [0.2, 0.25) is 6.79 Å². The summed E-state index contributed by atoms with van der Waals surface area (Å²) in [7, 11) is 1.57. The lowest BCUT2D eigenvalue weighted by Gasteiger charge is -2.17. The van der Waals surface area contributed by atoms with Crippen molar-refractivity contribution in [2.24, 2.45) is 5.92 Å². The Morgan fingerprint density at radius 3 is 2.70 bits per heavy atom. The number of hydrogen-bond donors (Lipinski definition) is 1. The van der Waals surface area contributed by atoms with Crippen molar-refractivity contribution < 1.29 is 28.9 Å². The van der Waals surface area contributed by atoms with E-state index < -0.39 is 11.9 Å². The van der Waals surface area contributed by atoms with E-state index in [0.29, 0.717) is 29.4 Å². The molecular weight excluding hydrogens is 350 g/mol. The van der Waals surface area contributed by atoms with Crippen molar-refractivity contribution in [3.63, 3.8) is 0 Å². The third-order valence-corrected chi connectivity index (χ3v) is 5.07. The van der Waals surface area contributed by atoms with Gasteiger partial charge in [-0.15, -0.1) is 0 Å². The number of likely N-dealkylation sites (tertiary alicyclic amines) is 1. The molecule has 140 valence electrons. The zero-order valence-electron chi connectivity index (χ0n) is 14.8. The Hall–Kier alpha value is -3.22. The van der Waals surface area contributed by atoms with Gasteiger partial charge in [0, 0.05) is 24.6 Å². The second kappa shape index (κ2) is 6.83. The van der Waals surface area contributed by atoms with Crippen LogP contribution in [0.5, 0.6) is 17.2 Å². The third-order valence-electron chi connectivity index (χ3n) is 5.07. The number of rotatable bonds is 4. The molecular formula is C20H19NO6. The molecule has 2 heterocycles. The zero-order chi connectivity index (χ0) is 19.0. The topological polar surface area (TPSA) is 85.3 Å². The van der Waals surface area contributed by atoms with E-state index >= 15 is 0 Å². The number of carboxylic acids is 1. The number of ether oxygens (including phenoxy) is 3. The van der Waals surface area contributed by atoms with Crippen LogP contribution in [0.4, 0.5) is 0 Å². The normalized spacial score (nSPS) is 20.6. The highest BCUT2D eigenvalue weighted by Crippen LogP contribution is 2.37. The molecule has 1 fully saturated rings. The second-order valence-corrected chi connectivity index (χ2v) is 6.61. The number of fused-ring (bicyclic) bond motifs is 1. The number of methoxy groups -OCH3 is 1. The van der Waals surface area contributed by atoms with E-state index in [-0.39, 0.29) is 25.2 Å². The number of carbonyl (C=O) groups excluding carboxylic acids is 1. The highest BCUT2D eigenvalue weighted by atomic mass is 16.7. The average molecular weight is 369 g/mol. The fourth-order valence-corrected chi connectivity index (χ4v) is 3.64. The van der Waals surface area contributed by atoms with Crippen LogP contribution >= 0.6 is 0 Å². The number of amides is 1. The minimum absolute atomic E-state index is 0.135. The van der Waals surface area contributed by atoms with Crippen LogP contribution in [0.15, 0.2) is 42.5 Å². The van der Waals surface area contributed by atoms with Crippen molar-refractivity contribution in [1.82, 2.24) is 4.90 Å². The first-order chi connectivity index (χ1) is 13.1. The van der Waals surface area contributed by atoms with E-state index in [1.165, 1.54) is 0 Å². The minimum atomic E-state index is -0.913. The lowest BCUT2D eigenvalue weighted by Crippen LogP contribution is -2.29. The van der Waals surface area contributed by atoms with E-state index in [0.717, 1.165) is 5.56 Å². The molecule has 4 rings (SSSR count). The van der Waals surface area contributed by atoms with Crippen molar-refractivity contribution in [2.75, 3.05) is 27.0 Å². The van der Waals surface area contributed by atoms with Crippen LogP contribution in [0.3, 0.4) is 0 Å². The fraction of sp³-hybridized carbons (Fsp3) is 0.300. The van der Waals surface area contributed by atoms with Gasteiger partial charge in [-0.2, -0.15) is 0 Å². The molecule has 7 nitrogen and oxygen atoms in total. The highest BCUT2D eigenvalue weighted by Gasteiger charge is 2.41. The number of nitrogens with zero attached hydrogens (tertiary/aromatic N) is 1. The van der Waals surface area contributed by atoms with Crippen LogP contribution in [0.2, 0.25) is 0 Å². The largest absolute Gasteiger partial charge is 0.497 e. The number of carboxylic acid groups (broad SMARTS) is 1. The molecule has 0 aliphatic carbocycles. The first-order valence-electron chi connectivity index (χ1n) is 8.62. The van der Waals surface area contributed by atoms with Gasteiger partial charge in [-0.3, -0.25) is 9.59 Å². The molecule has 2 unspecified atom stereocenters. The maximum absolute atomic E-state index is 12.9. The van der Waals surface area contributed by atoms with Crippen molar-refractivity contribution in [3.8, 4) is 17.2 Å². The Labute approximate surface area is 156 Å². The molecule has 2 atom stereocenters. The maximum Gasteiger partial charge on any atom is 0.308 e. The molecule has 0 aromatic heterocycles. The second-order valence-electron chi connectivity index (χ2n) is 6.61. The van der Waals surface area contributed by atoms with Gasteiger partial charge in [-0.25, -0.2) is 0 Å². The minimum Gasteiger partial charge on any atom is -0.497 e. The molecule has 0 radical (unpaired) electrons. The SMILES string of the molecule is COc1cccc(C2CN(C(=O)c3ccc4c(c3)OCO4)CC2C(=O)O)c1. The molecule has 0 bridgehead atoms. The monoisotopic (exact) mass is 369 g/mol. The van der Waals surface area contributed by atoms with Gasteiger partial charge in [-0.1, -0.05) is 12.1 Å². The smallest absolute Gasteiger partial charge is 0.308 e. The third kappa shape index (κ3) is 3.16. The Bertz CT molecular complexity index is 896. The zero-order valence-corrected chi connectivity index (χ0v) is 14.8. The molecule has 0 spiro atoms. The summed E-state index contributed by atoms with van der Waals surface area (Å²) in [6.07, 6.45) is 0. The highest BCUT2D eigenvalue weighted by molar-refractivity contribution is 5.95. The van der Waals surface area contributed by atoms with Crippen molar-refractivity contribution in [1.29, 1.82) is 0 Å². The van der Waals surface area contributed by atoms with Gasteiger partial charge in [-0.05, 0) is 35.9 Å². The van der Waals surface area contributed by atoms with Crippen molar-refractivity contribution in [2.45, 2.75) is 5.92 Å². The lowest BCUT2D eigenvalue weighted by molar-refractivity contribution is -0.141. The summed E-state index contributed by atoms with van der Waals surface area (Å²) in [4.78, 5) is 26.3. The molecule has 1 saturated heterocycles. The molecule has 27 heavy (non-hydrogen) atoms. The summed E-state index contributed by atoms with van der Waals surface area (Å²) < 4.78 is 15.8. The fourth-order valence-electron chi connectivity index (χ4n) is 3.64. The molecule has 2 aromatic carbocycles. The number of aliphatic carboxylic acids is 1. The first kappa shape index (κ1) is 17.2. The van der Waals surface area contributed by atoms with Crippen LogP contribution in [0.1, 0.15) is 21.8 Å². The van der Waals surface area contributed by atoms with Crippen molar-refractivity contribution in [3.05, 3.63) is 53.6 Å².